The Morgan fingerprint density at radius 1 is 0.459 bits per heavy atom. The van der Waals surface area contributed by atoms with Crippen LogP contribution < -0.4 is 24.2 Å². The van der Waals surface area contributed by atoms with Crippen LogP contribution in [-0.2, 0) is 88.2 Å². The van der Waals surface area contributed by atoms with Crippen LogP contribution in [0.25, 0.3) is 18.2 Å². The van der Waals surface area contributed by atoms with Crippen LogP contribution in [0.5, 0.6) is 11.8 Å². The van der Waals surface area contributed by atoms with Gasteiger partial charge in [0.2, 0.25) is 41.8 Å². The number of anilines is 3. The summed E-state index contributed by atoms with van der Waals surface area (Å²) in [5.74, 6) is 1.90. The second kappa shape index (κ2) is 28.7. The molecule has 3 saturated heterocycles. The van der Waals surface area contributed by atoms with E-state index in [0.29, 0.717) is 96.1 Å². The van der Waals surface area contributed by atoms with Crippen molar-refractivity contribution < 1.29 is 39.1 Å². The quantitative estimate of drug-likeness (QED) is 0.0988. The van der Waals surface area contributed by atoms with Gasteiger partial charge in [-0.05, 0) is 79.2 Å². The highest BCUT2D eigenvalue weighted by Gasteiger charge is 2.39. The maximum absolute atomic E-state index is 14.3. The van der Waals surface area contributed by atoms with Gasteiger partial charge in [-0.3, -0.25) is 4.98 Å². The molecule has 0 saturated carbocycles. The number of hydrogen-bond acceptors (Lipinski definition) is 20. The van der Waals surface area contributed by atoms with Crippen LogP contribution in [0.3, 0.4) is 0 Å². The smallest absolute Gasteiger partial charge is 0.215 e. The normalized spacial score (nSPS) is 21.3. The molecule has 98 heavy (non-hydrogen) atoms. The lowest BCUT2D eigenvalue weighted by molar-refractivity contribution is 0.316. The number of aromatic nitrogens is 9. The number of halogens is 1. The number of fused-ring (bicyclic) bond motifs is 6. The summed E-state index contributed by atoms with van der Waals surface area (Å²) in [5, 5.41) is 0. The lowest BCUT2D eigenvalue weighted by Crippen LogP contribution is -2.44. The Bertz CT molecular complexity index is 4440. The van der Waals surface area contributed by atoms with Crippen molar-refractivity contribution in [2.45, 2.75) is 167 Å². The second-order valence-electron chi connectivity index (χ2n) is 27.4. The van der Waals surface area contributed by atoms with E-state index in [2.05, 4.69) is 109 Å². The number of pyridine rings is 3. The van der Waals surface area contributed by atoms with Crippen molar-refractivity contribution in [3.63, 3.8) is 0 Å². The number of allylic oxidation sites excluding steroid dienone is 3. The summed E-state index contributed by atoms with van der Waals surface area (Å²) in [5.41, 5.74) is 20.7. The van der Waals surface area contributed by atoms with Crippen LogP contribution >= 0.6 is 0 Å². The van der Waals surface area contributed by atoms with Crippen molar-refractivity contribution in [1.82, 2.24) is 57.8 Å². The molecule has 0 radical (unpaired) electrons. The summed E-state index contributed by atoms with van der Waals surface area (Å²) in [6, 6.07) is 6.46. The standard InChI is InChI=1S/C24H30FN5O3S.C24H31N5O3S.C23H29N5O2S/c1-3-33-23-12-22(18-5-4-6-20(18)28-23)30-14-19-21(11-17(30)13-25)26-15-27-24(19)16-7-9-29(10-8-16)34(2,31)32;1-4-32-23-13-22(18-6-5-7-20(18)27-23)29-14-19-21(12-16(29)2)25-15-26-24(19)17-8-10-28(11-9-17)33(3,30)31;1-15-11-22(18-5-4-6-20(18)26-15)28-13-19-21(12-16(28)2)24-14-25-23(19)17-7-9-27(10-8-17)31(3,29)30/h4-5,12,15-17H,3,6-11,13-14H2,1-2H3;5-6,13,15-17H,4,7-12,14H2,1-3H3;4-5,11,14,16-17H,6-10,12-13H2,1-3H3/t;2*16-/m.11/s1. The lowest BCUT2D eigenvalue weighted by Gasteiger charge is -2.39. The summed E-state index contributed by atoms with van der Waals surface area (Å²) in [6.07, 6.45) is 30.9. The molecule has 1 unspecified atom stereocenters. The van der Waals surface area contributed by atoms with Gasteiger partial charge in [-0.25, -0.2) is 82.4 Å². The second-order valence-corrected chi connectivity index (χ2v) is 33.3. The zero-order valence-electron chi connectivity index (χ0n) is 57.4. The van der Waals surface area contributed by atoms with Gasteiger partial charge in [0.15, 0.2) is 0 Å². The molecule has 12 heterocycles. The topological polar surface area (TPSA) is 256 Å². The van der Waals surface area contributed by atoms with Crippen LogP contribution in [0.4, 0.5) is 21.5 Å². The number of ether oxygens (including phenoxy) is 2. The highest BCUT2D eigenvalue weighted by atomic mass is 32.2. The molecule has 3 aliphatic carbocycles. The molecule has 15 rings (SSSR count). The first-order valence-electron chi connectivity index (χ1n) is 34.6. The molecule has 9 aliphatic rings. The van der Waals surface area contributed by atoms with Crippen molar-refractivity contribution >= 4 is 65.4 Å². The number of aryl methyl sites for hydroxylation is 1. The van der Waals surface area contributed by atoms with Crippen LogP contribution in [0.15, 0.2) is 55.4 Å². The van der Waals surface area contributed by atoms with Gasteiger partial charge in [-0.1, -0.05) is 36.5 Å². The minimum absolute atomic E-state index is 0.153. The number of rotatable bonds is 14. The Kier molecular flexibility index (Phi) is 20.2. The van der Waals surface area contributed by atoms with Crippen LogP contribution in [0, 0.1) is 6.92 Å². The van der Waals surface area contributed by atoms with Crippen molar-refractivity contribution in [2.24, 2.45) is 0 Å². The Morgan fingerprint density at radius 3 is 1.15 bits per heavy atom. The van der Waals surface area contributed by atoms with Crippen molar-refractivity contribution in [2.75, 3.05) is 92.6 Å². The van der Waals surface area contributed by atoms with E-state index in [-0.39, 0.29) is 29.8 Å². The third kappa shape index (κ3) is 14.5. The fourth-order valence-corrected chi connectivity index (χ4v) is 18.5. The van der Waals surface area contributed by atoms with Gasteiger partial charge in [0.1, 0.15) is 25.7 Å². The Balaban J connectivity index is 0.000000132. The Hall–Kier alpha value is -7.43. The molecule has 0 aromatic carbocycles. The van der Waals surface area contributed by atoms with E-state index in [1.165, 1.54) is 51.0 Å². The fraction of sp³-hybridized carbons (Fsp3) is 0.535. The van der Waals surface area contributed by atoms with E-state index < -0.39 is 36.7 Å². The largest absolute Gasteiger partial charge is 0.478 e. The van der Waals surface area contributed by atoms with Gasteiger partial charge in [-0.15, -0.1) is 0 Å². The predicted molar refractivity (Wildman–Crippen MR) is 378 cm³/mol. The van der Waals surface area contributed by atoms with Gasteiger partial charge in [-0.2, -0.15) is 0 Å². The lowest BCUT2D eigenvalue weighted by atomic mass is 9.87. The van der Waals surface area contributed by atoms with E-state index in [0.717, 1.165) is 150 Å². The molecule has 27 heteroatoms. The van der Waals surface area contributed by atoms with Crippen molar-refractivity contribution in [1.29, 1.82) is 0 Å². The van der Waals surface area contributed by atoms with E-state index in [4.69, 9.17) is 29.4 Å². The molecule has 3 fully saturated rings. The summed E-state index contributed by atoms with van der Waals surface area (Å²) in [7, 11) is -9.47. The minimum atomic E-state index is -3.19. The highest BCUT2D eigenvalue weighted by Crippen LogP contribution is 2.44. The number of nitrogens with zero attached hydrogens (tertiary/aromatic N) is 15. The van der Waals surface area contributed by atoms with Crippen molar-refractivity contribution in [3.8, 4) is 11.8 Å². The number of piperidine rings is 3. The van der Waals surface area contributed by atoms with Crippen LogP contribution in [0.2, 0.25) is 0 Å². The maximum Gasteiger partial charge on any atom is 0.215 e. The first-order valence-corrected chi connectivity index (χ1v) is 40.1. The summed E-state index contributed by atoms with van der Waals surface area (Å²) >= 11 is 0. The van der Waals surface area contributed by atoms with Crippen LogP contribution in [0.1, 0.15) is 174 Å². The summed E-state index contributed by atoms with van der Waals surface area (Å²) in [6.45, 7) is 16.3. The number of sulfonamides is 3. The average molecular weight is 1400 g/mol. The maximum atomic E-state index is 14.3. The molecule has 6 aromatic rings. The van der Waals surface area contributed by atoms with Crippen molar-refractivity contribution in [3.05, 3.63) is 146 Å². The molecule has 0 amide bonds. The summed E-state index contributed by atoms with van der Waals surface area (Å²) < 4.78 is 102. The molecule has 6 aliphatic heterocycles. The molecule has 0 spiro atoms. The minimum Gasteiger partial charge on any atom is -0.478 e. The molecule has 6 aromatic heterocycles. The molecule has 0 N–H and O–H groups in total. The third-order valence-corrected chi connectivity index (χ3v) is 24.8. The van der Waals surface area contributed by atoms with Gasteiger partial charge in [0.25, 0.3) is 0 Å². The predicted octanol–water partition coefficient (Wildman–Crippen LogP) is 8.65. The molecule has 3 atom stereocenters. The average Bonchev–Trinajstić information content (AvgIpc) is 1.11. The zero-order chi connectivity index (χ0) is 68.8. The number of hydrogen-bond donors (Lipinski definition) is 0. The zero-order valence-corrected chi connectivity index (χ0v) is 59.9. The van der Waals surface area contributed by atoms with Gasteiger partial charge in [0, 0.05) is 184 Å². The van der Waals surface area contributed by atoms with Gasteiger partial charge < -0.3 is 24.2 Å². The summed E-state index contributed by atoms with van der Waals surface area (Å²) in [4.78, 5) is 48.9. The van der Waals surface area contributed by atoms with E-state index in [1.54, 1.807) is 27.6 Å². The highest BCUT2D eigenvalue weighted by molar-refractivity contribution is 7.88. The van der Waals surface area contributed by atoms with Crippen LogP contribution in [-0.4, -0.2) is 179 Å². The van der Waals surface area contributed by atoms with Gasteiger partial charge in [0.05, 0.1) is 101 Å². The third-order valence-electron chi connectivity index (χ3n) is 20.9. The molecular formula is C71H90FN15O8S3. The fourth-order valence-electron chi connectivity index (χ4n) is 15.9. The monoisotopic (exact) mass is 1400 g/mol. The van der Waals surface area contributed by atoms with E-state index in [9.17, 15) is 29.6 Å². The molecule has 23 nitrogen and oxygen atoms in total. The Morgan fingerprint density at radius 2 is 0.796 bits per heavy atom. The SMILES string of the molecule is CCOc1cc(N2Cc3c(ncnc3C3CCN(S(C)(=O)=O)CC3)CC2CF)c2c(n1)CC=C2.CCOc1cc(N2Cc3c(ncnc3C3CCN(S(C)(=O)=O)CC3)C[C@H]2C)c2c(n1)CC=C2.Cc1cc(N2Cc3c(ncnc3C3CCN(S(C)(=O)=O)CC3)C[C@H]2C)c2c(n1)CC=C2. The first kappa shape index (κ1) is 69.1. The van der Waals surface area contributed by atoms with Gasteiger partial charge >= 0.3 is 0 Å². The molecule has 522 valence electrons. The molecule has 0 bridgehead atoms. The molecular weight excluding hydrogens is 1310 g/mol. The number of alkyl halides is 1. The first-order chi connectivity index (χ1) is 47.0. The van der Waals surface area contributed by atoms with E-state index >= 15 is 0 Å². The van der Waals surface area contributed by atoms with E-state index in [1.807, 2.05) is 19.9 Å². The Labute approximate surface area is 576 Å².